The summed E-state index contributed by atoms with van der Waals surface area (Å²) in [5.41, 5.74) is 0.875. The van der Waals surface area contributed by atoms with Crippen molar-refractivity contribution < 1.29 is 4.74 Å². The van der Waals surface area contributed by atoms with Gasteiger partial charge >= 0.3 is 0 Å². The van der Waals surface area contributed by atoms with Gasteiger partial charge < -0.3 is 19.4 Å². The van der Waals surface area contributed by atoms with Crippen LogP contribution < -0.4 is 10.2 Å². The normalized spacial score (nSPS) is 18.9. The van der Waals surface area contributed by atoms with Crippen LogP contribution in [0.2, 0.25) is 0 Å². The average molecular weight is 261 g/mol. The summed E-state index contributed by atoms with van der Waals surface area (Å²) >= 11 is 0. The molecule has 19 heavy (non-hydrogen) atoms. The molecule has 0 bridgehead atoms. The predicted octanol–water partition coefficient (Wildman–Crippen LogP) is 1.39. The Morgan fingerprint density at radius 2 is 2.47 bits per heavy atom. The molecule has 1 atom stereocenters. The summed E-state index contributed by atoms with van der Waals surface area (Å²) < 4.78 is 7.67. The van der Waals surface area contributed by atoms with Gasteiger partial charge in [-0.1, -0.05) is 0 Å². The monoisotopic (exact) mass is 261 g/mol. The van der Waals surface area contributed by atoms with E-state index < -0.39 is 0 Å². The van der Waals surface area contributed by atoms with Crippen LogP contribution in [0.4, 0.5) is 11.6 Å². The van der Waals surface area contributed by atoms with Gasteiger partial charge in [0.05, 0.1) is 12.3 Å². The molecule has 6 nitrogen and oxygen atoms in total. The molecule has 1 fully saturated rings. The number of ether oxygens (including phenoxy) is 1. The molecule has 0 amide bonds. The highest BCUT2D eigenvalue weighted by Gasteiger charge is 2.20. The predicted molar refractivity (Wildman–Crippen MR) is 74.8 cm³/mol. The van der Waals surface area contributed by atoms with Crippen molar-refractivity contribution in [2.24, 2.45) is 0 Å². The van der Waals surface area contributed by atoms with Gasteiger partial charge in [-0.2, -0.15) is 0 Å². The molecule has 3 heterocycles. The fraction of sp³-hybridized carbons (Fsp3) is 0.538. The van der Waals surface area contributed by atoms with Crippen molar-refractivity contribution in [3.63, 3.8) is 0 Å². The highest BCUT2D eigenvalue weighted by atomic mass is 16.5. The Kier molecular flexibility index (Phi) is 3.25. The van der Waals surface area contributed by atoms with Gasteiger partial charge in [-0.3, -0.25) is 0 Å². The van der Waals surface area contributed by atoms with Crippen molar-refractivity contribution in [3.05, 3.63) is 18.6 Å². The van der Waals surface area contributed by atoms with Gasteiger partial charge in [0.15, 0.2) is 11.5 Å². The van der Waals surface area contributed by atoms with Gasteiger partial charge in [0.2, 0.25) is 0 Å². The van der Waals surface area contributed by atoms with E-state index in [0.29, 0.717) is 6.10 Å². The first kappa shape index (κ1) is 12.2. The highest BCUT2D eigenvalue weighted by Crippen LogP contribution is 2.21. The fourth-order valence-electron chi connectivity index (χ4n) is 2.47. The topological polar surface area (TPSA) is 54.7 Å². The van der Waals surface area contributed by atoms with Crippen LogP contribution >= 0.6 is 0 Å². The third-order valence-electron chi connectivity index (χ3n) is 3.48. The van der Waals surface area contributed by atoms with E-state index in [1.807, 2.05) is 30.9 Å². The Hall–Kier alpha value is -1.82. The Balaban J connectivity index is 1.90. The van der Waals surface area contributed by atoms with E-state index in [9.17, 15) is 0 Å². The average Bonchev–Trinajstić information content (AvgIpc) is 3.07. The number of hydrogen-bond donors (Lipinski definition) is 1. The number of aromatic nitrogens is 3. The largest absolute Gasteiger partial charge is 0.376 e. The SMILES string of the molecule is CNc1cn2ccnc2c(N(C)CC2CCCO2)n1. The zero-order valence-corrected chi connectivity index (χ0v) is 11.3. The van der Waals surface area contributed by atoms with Gasteiger partial charge in [0.1, 0.15) is 5.82 Å². The Morgan fingerprint density at radius 1 is 1.58 bits per heavy atom. The maximum Gasteiger partial charge on any atom is 0.180 e. The Labute approximate surface area is 112 Å². The van der Waals surface area contributed by atoms with Gasteiger partial charge in [0, 0.05) is 39.6 Å². The Morgan fingerprint density at radius 3 is 3.21 bits per heavy atom. The molecular weight excluding hydrogens is 242 g/mol. The first-order chi connectivity index (χ1) is 9.28. The van der Waals surface area contributed by atoms with E-state index in [1.54, 1.807) is 6.20 Å². The molecule has 0 saturated carbocycles. The molecule has 0 spiro atoms. The molecule has 2 aromatic rings. The van der Waals surface area contributed by atoms with E-state index in [-0.39, 0.29) is 0 Å². The second-order valence-corrected chi connectivity index (χ2v) is 4.87. The number of likely N-dealkylation sites (N-methyl/N-ethyl adjacent to an activating group) is 1. The maximum atomic E-state index is 5.68. The van der Waals surface area contributed by atoms with E-state index in [2.05, 4.69) is 20.2 Å². The summed E-state index contributed by atoms with van der Waals surface area (Å²) in [6.07, 6.45) is 8.25. The van der Waals surface area contributed by atoms with Gasteiger partial charge in [0.25, 0.3) is 0 Å². The van der Waals surface area contributed by atoms with Gasteiger partial charge in [-0.25, -0.2) is 9.97 Å². The van der Waals surface area contributed by atoms with Crippen molar-refractivity contribution in [2.75, 3.05) is 37.5 Å². The quantitative estimate of drug-likeness (QED) is 0.901. The van der Waals surface area contributed by atoms with E-state index in [0.717, 1.165) is 43.3 Å². The molecule has 3 rings (SSSR count). The molecule has 1 saturated heterocycles. The zero-order chi connectivity index (χ0) is 13.2. The third kappa shape index (κ3) is 2.35. The molecule has 6 heteroatoms. The lowest BCUT2D eigenvalue weighted by molar-refractivity contribution is 0.116. The molecule has 1 aliphatic rings. The lowest BCUT2D eigenvalue weighted by Gasteiger charge is -2.22. The lowest BCUT2D eigenvalue weighted by atomic mass is 10.2. The minimum atomic E-state index is 0.306. The summed E-state index contributed by atoms with van der Waals surface area (Å²) in [5.74, 6) is 1.71. The van der Waals surface area contributed by atoms with Crippen LogP contribution in [0.25, 0.3) is 5.65 Å². The molecule has 0 aromatic carbocycles. The first-order valence-corrected chi connectivity index (χ1v) is 6.62. The van der Waals surface area contributed by atoms with Gasteiger partial charge in [-0.05, 0) is 12.8 Å². The number of nitrogens with one attached hydrogen (secondary N) is 1. The second-order valence-electron chi connectivity index (χ2n) is 4.87. The van der Waals surface area contributed by atoms with E-state index in [4.69, 9.17) is 4.74 Å². The van der Waals surface area contributed by atoms with E-state index in [1.165, 1.54) is 0 Å². The van der Waals surface area contributed by atoms with Crippen molar-refractivity contribution in [1.29, 1.82) is 0 Å². The molecule has 1 aliphatic heterocycles. The van der Waals surface area contributed by atoms with Crippen molar-refractivity contribution in [3.8, 4) is 0 Å². The summed E-state index contributed by atoms with van der Waals surface area (Å²) in [6.45, 7) is 1.73. The summed E-state index contributed by atoms with van der Waals surface area (Å²) in [6, 6.07) is 0. The van der Waals surface area contributed by atoms with Crippen molar-refractivity contribution in [2.45, 2.75) is 18.9 Å². The van der Waals surface area contributed by atoms with Crippen molar-refractivity contribution in [1.82, 2.24) is 14.4 Å². The summed E-state index contributed by atoms with van der Waals surface area (Å²) in [7, 11) is 3.91. The minimum absolute atomic E-state index is 0.306. The molecule has 2 aromatic heterocycles. The zero-order valence-electron chi connectivity index (χ0n) is 11.3. The molecule has 1 unspecified atom stereocenters. The molecule has 102 valence electrons. The van der Waals surface area contributed by atoms with Crippen LogP contribution in [-0.2, 0) is 4.74 Å². The number of imidazole rings is 1. The molecule has 0 aliphatic carbocycles. The number of hydrogen-bond acceptors (Lipinski definition) is 5. The fourth-order valence-corrected chi connectivity index (χ4v) is 2.47. The van der Waals surface area contributed by atoms with Crippen LogP contribution in [0, 0.1) is 0 Å². The smallest absolute Gasteiger partial charge is 0.180 e. The first-order valence-electron chi connectivity index (χ1n) is 6.62. The Bertz CT molecular complexity index is 561. The third-order valence-corrected chi connectivity index (χ3v) is 3.48. The van der Waals surface area contributed by atoms with Gasteiger partial charge in [-0.15, -0.1) is 0 Å². The number of fused-ring (bicyclic) bond motifs is 1. The summed E-state index contributed by atoms with van der Waals surface area (Å²) in [4.78, 5) is 11.1. The van der Waals surface area contributed by atoms with Crippen LogP contribution in [0.3, 0.4) is 0 Å². The van der Waals surface area contributed by atoms with Crippen LogP contribution in [-0.4, -0.2) is 47.7 Å². The lowest BCUT2D eigenvalue weighted by Crippen LogP contribution is -2.29. The van der Waals surface area contributed by atoms with Crippen LogP contribution in [0.1, 0.15) is 12.8 Å². The molecular formula is C13H19N5O. The maximum absolute atomic E-state index is 5.68. The number of rotatable bonds is 4. The number of anilines is 2. The number of nitrogens with zero attached hydrogens (tertiary/aromatic N) is 4. The summed E-state index contributed by atoms with van der Waals surface area (Å²) in [5, 5.41) is 3.08. The van der Waals surface area contributed by atoms with E-state index >= 15 is 0 Å². The van der Waals surface area contributed by atoms with Crippen LogP contribution in [0.15, 0.2) is 18.6 Å². The minimum Gasteiger partial charge on any atom is -0.376 e. The standard InChI is InChI=1S/C13H19N5O/c1-14-11-9-18-6-5-15-12(18)13(16-11)17(2)8-10-4-3-7-19-10/h5-6,9-10,14H,3-4,7-8H2,1-2H3. The highest BCUT2D eigenvalue weighted by molar-refractivity contribution is 5.66. The van der Waals surface area contributed by atoms with Crippen LogP contribution in [0.5, 0.6) is 0 Å². The molecule has 1 N–H and O–H groups in total. The van der Waals surface area contributed by atoms with Crippen molar-refractivity contribution >= 4 is 17.3 Å². The molecule has 0 radical (unpaired) electrons. The second kappa shape index (κ2) is 5.05.